The Labute approximate surface area is 152 Å². The van der Waals surface area contributed by atoms with Gasteiger partial charge in [0.15, 0.2) is 5.82 Å². The zero-order valence-electron chi connectivity index (χ0n) is 14.7. The molecule has 2 heterocycles. The van der Waals surface area contributed by atoms with Crippen molar-refractivity contribution in [1.29, 1.82) is 0 Å². The van der Waals surface area contributed by atoms with Gasteiger partial charge < -0.3 is 5.32 Å². The standard InChI is InChI=1S/C20H21N5O/c1-2-25-12-11-18(24-25)20(26)23-17-10-6-9-16-15(17)13-21-19(22-16)14-7-4-3-5-8-14/h3-5,7-8,11-13,17H,2,6,9-10H2,1H3,(H,23,26)/t17-/m0/s1. The van der Waals surface area contributed by atoms with Crippen molar-refractivity contribution >= 4 is 5.91 Å². The smallest absolute Gasteiger partial charge is 0.272 e. The maximum absolute atomic E-state index is 12.5. The molecule has 6 heteroatoms. The number of benzene rings is 1. The van der Waals surface area contributed by atoms with E-state index >= 15 is 0 Å². The van der Waals surface area contributed by atoms with Gasteiger partial charge in [0.25, 0.3) is 5.91 Å². The van der Waals surface area contributed by atoms with E-state index < -0.39 is 0 Å². The van der Waals surface area contributed by atoms with Crippen molar-refractivity contribution in [3.8, 4) is 11.4 Å². The fourth-order valence-electron chi connectivity index (χ4n) is 3.31. The predicted molar refractivity (Wildman–Crippen MR) is 98.5 cm³/mol. The van der Waals surface area contributed by atoms with Crippen molar-refractivity contribution in [2.24, 2.45) is 0 Å². The highest BCUT2D eigenvalue weighted by molar-refractivity contribution is 5.92. The van der Waals surface area contributed by atoms with Gasteiger partial charge in [0.1, 0.15) is 5.69 Å². The highest BCUT2D eigenvalue weighted by Crippen LogP contribution is 2.29. The Kier molecular flexibility index (Phi) is 4.48. The zero-order valence-corrected chi connectivity index (χ0v) is 14.7. The molecule has 1 aliphatic carbocycles. The Balaban J connectivity index is 1.56. The van der Waals surface area contributed by atoms with Crippen molar-refractivity contribution in [3.05, 3.63) is 65.7 Å². The lowest BCUT2D eigenvalue weighted by atomic mass is 9.92. The van der Waals surface area contributed by atoms with Crippen LogP contribution in [0.3, 0.4) is 0 Å². The third-order valence-electron chi connectivity index (χ3n) is 4.72. The van der Waals surface area contributed by atoms with Crippen LogP contribution >= 0.6 is 0 Å². The first kappa shape index (κ1) is 16.4. The van der Waals surface area contributed by atoms with Crippen LogP contribution < -0.4 is 5.32 Å². The molecule has 0 aliphatic heterocycles. The summed E-state index contributed by atoms with van der Waals surface area (Å²) in [6.45, 7) is 2.74. The van der Waals surface area contributed by atoms with Gasteiger partial charge >= 0.3 is 0 Å². The number of aryl methyl sites for hydroxylation is 2. The Morgan fingerprint density at radius 2 is 2.12 bits per heavy atom. The number of hydrogen-bond acceptors (Lipinski definition) is 4. The Hall–Kier alpha value is -3.02. The topological polar surface area (TPSA) is 72.7 Å². The number of nitrogens with one attached hydrogen (secondary N) is 1. The van der Waals surface area contributed by atoms with Gasteiger partial charge in [-0.25, -0.2) is 9.97 Å². The summed E-state index contributed by atoms with van der Waals surface area (Å²) in [4.78, 5) is 21.8. The van der Waals surface area contributed by atoms with Crippen molar-refractivity contribution in [3.63, 3.8) is 0 Å². The highest BCUT2D eigenvalue weighted by atomic mass is 16.2. The van der Waals surface area contributed by atoms with Gasteiger partial charge in [-0.15, -0.1) is 0 Å². The molecule has 0 spiro atoms. The van der Waals surface area contributed by atoms with E-state index in [2.05, 4.69) is 15.4 Å². The van der Waals surface area contributed by atoms with Gasteiger partial charge in [-0.1, -0.05) is 30.3 Å². The van der Waals surface area contributed by atoms with Crippen LogP contribution in [0, 0.1) is 0 Å². The number of nitrogens with zero attached hydrogens (tertiary/aromatic N) is 4. The molecule has 1 N–H and O–H groups in total. The lowest BCUT2D eigenvalue weighted by molar-refractivity contribution is 0.0926. The molecule has 0 saturated heterocycles. The fourth-order valence-corrected chi connectivity index (χ4v) is 3.31. The van der Waals surface area contributed by atoms with Crippen LogP contribution in [0.2, 0.25) is 0 Å². The summed E-state index contributed by atoms with van der Waals surface area (Å²) in [5.74, 6) is 0.584. The number of rotatable bonds is 4. The Bertz CT molecular complexity index is 919. The van der Waals surface area contributed by atoms with E-state index in [9.17, 15) is 4.79 Å². The minimum atomic E-state index is -0.151. The van der Waals surface area contributed by atoms with E-state index in [0.717, 1.165) is 48.5 Å². The Morgan fingerprint density at radius 1 is 1.27 bits per heavy atom. The average molecular weight is 347 g/mol. The number of aromatic nitrogens is 4. The summed E-state index contributed by atoms with van der Waals surface area (Å²) < 4.78 is 1.75. The third-order valence-corrected chi connectivity index (χ3v) is 4.72. The van der Waals surface area contributed by atoms with Crippen molar-refractivity contribution in [2.75, 3.05) is 0 Å². The van der Waals surface area contributed by atoms with Gasteiger partial charge in [0, 0.05) is 35.8 Å². The van der Waals surface area contributed by atoms with Gasteiger partial charge in [0.05, 0.1) is 6.04 Å². The van der Waals surface area contributed by atoms with Crippen molar-refractivity contribution in [1.82, 2.24) is 25.1 Å². The summed E-state index contributed by atoms with van der Waals surface area (Å²) in [6, 6.07) is 11.6. The number of fused-ring (bicyclic) bond motifs is 1. The van der Waals surface area contributed by atoms with Gasteiger partial charge in [-0.2, -0.15) is 5.10 Å². The molecule has 2 aromatic heterocycles. The quantitative estimate of drug-likeness (QED) is 0.787. The van der Waals surface area contributed by atoms with Gasteiger partial charge in [-0.05, 0) is 32.3 Å². The molecule has 4 rings (SSSR count). The molecule has 0 fully saturated rings. The van der Waals surface area contributed by atoms with Gasteiger partial charge in [0.2, 0.25) is 0 Å². The maximum Gasteiger partial charge on any atom is 0.272 e. The second-order valence-corrected chi connectivity index (χ2v) is 6.44. The molecular formula is C20H21N5O. The second kappa shape index (κ2) is 7.07. The van der Waals surface area contributed by atoms with E-state index in [4.69, 9.17) is 4.98 Å². The van der Waals surface area contributed by atoms with Gasteiger partial charge in [-0.3, -0.25) is 9.48 Å². The third kappa shape index (κ3) is 3.22. The van der Waals surface area contributed by atoms with Crippen molar-refractivity contribution in [2.45, 2.75) is 38.8 Å². The zero-order chi connectivity index (χ0) is 17.9. The van der Waals surface area contributed by atoms with E-state index in [0.29, 0.717) is 5.69 Å². The predicted octanol–water partition coefficient (Wildman–Crippen LogP) is 3.17. The van der Waals surface area contributed by atoms with Crippen LogP contribution in [-0.4, -0.2) is 25.7 Å². The lowest BCUT2D eigenvalue weighted by Gasteiger charge is -2.25. The largest absolute Gasteiger partial charge is 0.344 e. The molecule has 0 bridgehead atoms. The number of carbonyl (C=O) groups is 1. The van der Waals surface area contributed by atoms with Crippen LogP contribution in [-0.2, 0) is 13.0 Å². The molecule has 6 nitrogen and oxygen atoms in total. The van der Waals surface area contributed by atoms with Crippen molar-refractivity contribution < 1.29 is 4.79 Å². The first-order valence-electron chi connectivity index (χ1n) is 9.00. The molecule has 0 radical (unpaired) electrons. The molecule has 0 unspecified atom stereocenters. The molecule has 0 saturated carbocycles. The van der Waals surface area contributed by atoms with Crippen LogP contribution in [0.1, 0.15) is 47.6 Å². The highest BCUT2D eigenvalue weighted by Gasteiger charge is 2.25. The molecule has 1 aliphatic rings. The average Bonchev–Trinajstić information content (AvgIpc) is 3.18. The normalized spacial score (nSPS) is 16.1. The van der Waals surface area contributed by atoms with E-state index in [1.165, 1.54) is 0 Å². The summed E-state index contributed by atoms with van der Waals surface area (Å²) in [5.41, 5.74) is 3.49. The number of amides is 1. The van der Waals surface area contributed by atoms with E-state index in [-0.39, 0.29) is 11.9 Å². The second-order valence-electron chi connectivity index (χ2n) is 6.44. The van der Waals surface area contributed by atoms with Crippen LogP contribution in [0.4, 0.5) is 0 Å². The molecule has 1 atom stereocenters. The van der Waals surface area contributed by atoms with Crippen LogP contribution in [0.15, 0.2) is 48.8 Å². The lowest BCUT2D eigenvalue weighted by Crippen LogP contribution is -2.32. The molecule has 132 valence electrons. The minimum absolute atomic E-state index is 0.0668. The molecular weight excluding hydrogens is 326 g/mol. The summed E-state index contributed by atoms with van der Waals surface area (Å²) in [6.07, 6.45) is 6.47. The minimum Gasteiger partial charge on any atom is -0.344 e. The number of carbonyl (C=O) groups excluding carboxylic acids is 1. The van der Waals surface area contributed by atoms with E-state index in [1.807, 2.05) is 49.6 Å². The fraction of sp³-hybridized carbons (Fsp3) is 0.300. The maximum atomic E-state index is 12.5. The molecule has 26 heavy (non-hydrogen) atoms. The summed E-state index contributed by atoms with van der Waals surface area (Å²) in [5, 5.41) is 7.37. The molecule has 3 aromatic rings. The van der Waals surface area contributed by atoms with E-state index in [1.54, 1.807) is 10.7 Å². The SMILES string of the molecule is CCn1ccc(C(=O)N[C@H]2CCCc3nc(-c4ccccc4)ncc32)n1. The van der Waals surface area contributed by atoms with Crippen LogP contribution in [0.5, 0.6) is 0 Å². The molecule has 1 aromatic carbocycles. The first-order valence-corrected chi connectivity index (χ1v) is 9.00. The first-order chi connectivity index (χ1) is 12.7. The monoisotopic (exact) mass is 347 g/mol. The summed E-state index contributed by atoms with van der Waals surface area (Å²) >= 11 is 0. The number of hydrogen-bond donors (Lipinski definition) is 1. The molecule has 1 amide bonds. The summed E-state index contributed by atoms with van der Waals surface area (Å²) in [7, 11) is 0. The Morgan fingerprint density at radius 3 is 2.88 bits per heavy atom. The van der Waals surface area contributed by atoms with Crippen LogP contribution in [0.25, 0.3) is 11.4 Å².